The van der Waals surface area contributed by atoms with E-state index in [9.17, 15) is 4.79 Å². The van der Waals surface area contributed by atoms with Crippen LogP contribution in [0.1, 0.15) is 12.8 Å². The monoisotopic (exact) mass is 302 g/mol. The molecule has 1 fully saturated rings. The number of nitrogens with one attached hydrogen (secondary N) is 2. The number of halogens is 2. The summed E-state index contributed by atoms with van der Waals surface area (Å²) < 4.78 is 5.46. The third-order valence-corrected chi connectivity index (χ3v) is 4.13. The Balaban J connectivity index is 2.12. The first-order valence-electron chi connectivity index (χ1n) is 6.10. The second-order valence-electron chi connectivity index (χ2n) is 4.53. The molecule has 1 aliphatic rings. The molecule has 0 radical (unpaired) electrons. The van der Waals surface area contributed by atoms with Crippen LogP contribution < -0.4 is 10.6 Å². The van der Waals surface area contributed by atoms with Crippen LogP contribution in [0, 0.1) is 0 Å². The third kappa shape index (κ3) is 3.20. The quantitative estimate of drug-likeness (QED) is 0.902. The Morgan fingerprint density at radius 1 is 1.32 bits per heavy atom. The molecule has 0 saturated carbocycles. The smallest absolute Gasteiger partial charge is 0.256 e. The number of ether oxygens (including phenoxy) is 1. The maximum absolute atomic E-state index is 12.4. The van der Waals surface area contributed by atoms with Gasteiger partial charge in [0.2, 0.25) is 0 Å². The maximum Gasteiger partial charge on any atom is 0.256 e. The van der Waals surface area contributed by atoms with E-state index < -0.39 is 5.60 Å². The Labute approximate surface area is 122 Å². The van der Waals surface area contributed by atoms with E-state index in [2.05, 4.69) is 10.6 Å². The molecule has 0 spiro atoms. The van der Waals surface area contributed by atoms with E-state index in [-0.39, 0.29) is 5.91 Å². The molecule has 0 unspecified atom stereocenters. The molecule has 1 aromatic rings. The van der Waals surface area contributed by atoms with Gasteiger partial charge in [0, 0.05) is 12.8 Å². The predicted molar refractivity (Wildman–Crippen MR) is 76.9 cm³/mol. The first kappa shape index (κ1) is 14.6. The van der Waals surface area contributed by atoms with Gasteiger partial charge in [0.15, 0.2) is 0 Å². The highest BCUT2D eigenvalue weighted by Crippen LogP contribution is 2.28. The van der Waals surface area contributed by atoms with Crippen LogP contribution in [-0.4, -0.2) is 31.7 Å². The largest absolute Gasteiger partial charge is 0.368 e. The molecule has 1 amide bonds. The Morgan fingerprint density at radius 3 is 2.58 bits per heavy atom. The lowest BCUT2D eigenvalue weighted by Crippen LogP contribution is -2.51. The highest BCUT2D eigenvalue weighted by Gasteiger charge is 2.39. The molecule has 2 rings (SSSR count). The zero-order valence-corrected chi connectivity index (χ0v) is 12.1. The van der Waals surface area contributed by atoms with Gasteiger partial charge in [-0.25, -0.2) is 0 Å². The van der Waals surface area contributed by atoms with Gasteiger partial charge in [0.1, 0.15) is 5.60 Å². The summed E-state index contributed by atoms with van der Waals surface area (Å²) >= 11 is 11.8. The molecule has 2 N–H and O–H groups in total. The molecular weight excluding hydrogens is 287 g/mol. The first-order chi connectivity index (χ1) is 9.07. The second-order valence-corrected chi connectivity index (χ2v) is 5.35. The molecule has 4 nitrogen and oxygen atoms in total. The first-order valence-corrected chi connectivity index (χ1v) is 6.85. The molecule has 19 heavy (non-hydrogen) atoms. The van der Waals surface area contributed by atoms with E-state index in [4.69, 9.17) is 27.9 Å². The van der Waals surface area contributed by atoms with Crippen molar-refractivity contribution in [2.45, 2.75) is 18.4 Å². The number of benzene rings is 1. The summed E-state index contributed by atoms with van der Waals surface area (Å²) in [6.45, 7) is 1.53. The normalized spacial score (nSPS) is 18.1. The van der Waals surface area contributed by atoms with Gasteiger partial charge in [0.05, 0.1) is 10.0 Å². The fourth-order valence-corrected chi connectivity index (χ4v) is 2.47. The van der Waals surface area contributed by atoms with E-state index in [1.54, 1.807) is 25.3 Å². The minimum absolute atomic E-state index is 0.144. The Kier molecular flexibility index (Phi) is 4.68. The van der Waals surface area contributed by atoms with Crippen molar-refractivity contribution in [3.05, 3.63) is 28.2 Å². The lowest BCUT2D eigenvalue weighted by Gasteiger charge is -2.34. The van der Waals surface area contributed by atoms with Crippen LogP contribution in [0.3, 0.4) is 0 Å². The van der Waals surface area contributed by atoms with Gasteiger partial charge >= 0.3 is 0 Å². The van der Waals surface area contributed by atoms with Crippen molar-refractivity contribution in [2.75, 3.05) is 25.5 Å². The zero-order valence-electron chi connectivity index (χ0n) is 10.6. The molecule has 0 aromatic heterocycles. The highest BCUT2D eigenvalue weighted by atomic mass is 35.5. The van der Waals surface area contributed by atoms with Crippen molar-refractivity contribution >= 4 is 34.8 Å². The number of amides is 1. The van der Waals surface area contributed by atoms with Crippen molar-refractivity contribution < 1.29 is 9.53 Å². The molecule has 1 aliphatic heterocycles. The average Bonchev–Trinajstić information content (AvgIpc) is 2.43. The van der Waals surface area contributed by atoms with Crippen molar-refractivity contribution in [2.24, 2.45) is 0 Å². The van der Waals surface area contributed by atoms with Gasteiger partial charge < -0.3 is 15.4 Å². The summed E-state index contributed by atoms with van der Waals surface area (Å²) in [5, 5.41) is 6.92. The molecule has 6 heteroatoms. The van der Waals surface area contributed by atoms with E-state index in [0.717, 1.165) is 13.1 Å². The molecule has 1 aromatic carbocycles. The number of methoxy groups -OCH3 is 1. The second kappa shape index (κ2) is 6.09. The summed E-state index contributed by atoms with van der Waals surface area (Å²) in [6.07, 6.45) is 1.30. The third-order valence-electron chi connectivity index (χ3n) is 3.39. The number of anilines is 1. The topological polar surface area (TPSA) is 50.4 Å². The molecule has 0 bridgehead atoms. The fraction of sp³-hybridized carbons (Fsp3) is 0.462. The number of hydrogen-bond acceptors (Lipinski definition) is 3. The summed E-state index contributed by atoms with van der Waals surface area (Å²) in [6, 6.07) is 5.00. The highest BCUT2D eigenvalue weighted by molar-refractivity contribution is 6.42. The van der Waals surface area contributed by atoms with Gasteiger partial charge in [-0.05, 0) is 44.1 Å². The number of rotatable bonds is 3. The number of piperidine rings is 1. The van der Waals surface area contributed by atoms with Crippen molar-refractivity contribution in [1.82, 2.24) is 5.32 Å². The minimum Gasteiger partial charge on any atom is -0.368 e. The standard InChI is InChI=1S/C13H16Cl2N2O2/c1-19-13(4-6-16-7-5-13)12(18)17-9-2-3-10(14)11(15)8-9/h2-3,8,16H,4-7H2,1H3,(H,17,18). The van der Waals surface area contributed by atoms with Gasteiger partial charge in [-0.15, -0.1) is 0 Å². The summed E-state index contributed by atoms with van der Waals surface area (Å²) in [4.78, 5) is 12.4. The van der Waals surface area contributed by atoms with Gasteiger partial charge in [-0.1, -0.05) is 23.2 Å². The van der Waals surface area contributed by atoms with Crippen LogP contribution in [0.4, 0.5) is 5.69 Å². The Hall–Kier alpha value is -0.810. The summed E-state index contributed by atoms with van der Waals surface area (Å²) in [5.74, 6) is -0.144. The number of carbonyl (C=O) groups excluding carboxylic acids is 1. The predicted octanol–water partition coefficient (Wildman–Crippen LogP) is 2.70. The molecular formula is C13H16Cl2N2O2. The molecule has 0 atom stereocenters. The van der Waals surface area contributed by atoms with Crippen molar-refractivity contribution in [3.8, 4) is 0 Å². The molecule has 1 saturated heterocycles. The van der Waals surface area contributed by atoms with Gasteiger partial charge in [0.25, 0.3) is 5.91 Å². The van der Waals surface area contributed by atoms with Crippen LogP contribution in [0.2, 0.25) is 10.0 Å². The molecule has 0 aliphatic carbocycles. The van der Waals surface area contributed by atoms with Gasteiger partial charge in [-0.2, -0.15) is 0 Å². The lowest BCUT2D eigenvalue weighted by atomic mass is 9.91. The minimum atomic E-state index is -0.767. The Bertz CT molecular complexity index is 474. The van der Waals surface area contributed by atoms with Crippen LogP contribution in [0.5, 0.6) is 0 Å². The van der Waals surface area contributed by atoms with Crippen molar-refractivity contribution in [1.29, 1.82) is 0 Å². The van der Waals surface area contributed by atoms with E-state index in [0.29, 0.717) is 28.6 Å². The fourth-order valence-electron chi connectivity index (χ4n) is 2.17. The van der Waals surface area contributed by atoms with Crippen LogP contribution in [0.25, 0.3) is 0 Å². The zero-order chi connectivity index (χ0) is 13.9. The number of carbonyl (C=O) groups is 1. The lowest BCUT2D eigenvalue weighted by molar-refractivity contribution is -0.140. The SMILES string of the molecule is COC1(C(=O)Nc2ccc(Cl)c(Cl)c2)CCNCC1. The van der Waals surface area contributed by atoms with E-state index in [1.165, 1.54) is 0 Å². The Morgan fingerprint density at radius 2 is 2.00 bits per heavy atom. The average molecular weight is 303 g/mol. The van der Waals surface area contributed by atoms with E-state index >= 15 is 0 Å². The number of hydrogen-bond donors (Lipinski definition) is 2. The molecule has 1 heterocycles. The summed E-state index contributed by atoms with van der Waals surface area (Å²) in [5.41, 5.74) is -0.147. The van der Waals surface area contributed by atoms with Crippen LogP contribution in [0.15, 0.2) is 18.2 Å². The van der Waals surface area contributed by atoms with Crippen LogP contribution in [-0.2, 0) is 9.53 Å². The summed E-state index contributed by atoms with van der Waals surface area (Å²) in [7, 11) is 1.57. The van der Waals surface area contributed by atoms with Crippen molar-refractivity contribution in [3.63, 3.8) is 0 Å². The van der Waals surface area contributed by atoms with Gasteiger partial charge in [-0.3, -0.25) is 4.79 Å². The molecule has 104 valence electrons. The van der Waals surface area contributed by atoms with E-state index in [1.807, 2.05) is 0 Å². The van der Waals surface area contributed by atoms with Crippen LogP contribution >= 0.6 is 23.2 Å². The maximum atomic E-state index is 12.4.